The summed E-state index contributed by atoms with van der Waals surface area (Å²) in [7, 11) is -5.70. The fourth-order valence-corrected chi connectivity index (χ4v) is 12.9. The predicted molar refractivity (Wildman–Crippen MR) is 356 cm³/mol. The van der Waals surface area contributed by atoms with Crippen LogP contribution in [-0.4, -0.2) is 204 Å². The molecule has 0 aromatic rings. The third-order valence-corrected chi connectivity index (χ3v) is 18.9. The molecule has 3 rings (SSSR count). The molecule has 556 valence electrons. The molecular weight excluding hydrogens is 1260 g/mol. The molecule has 11 N–H and O–H groups in total. The van der Waals surface area contributed by atoms with E-state index in [9.17, 15) is 74.9 Å². The second-order valence-corrected chi connectivity index (χ2v) is 27.7. The van der Waals surface area contributed by atoms with Crippen LogP contribution in [0.1, 0.15) is 271 Å². The van der Waals surface area contributed by atoms with Gasteiger partial charge in [0.25, 0.3) is 0 Å². The number of carbonyl (C=O) groups is 3. The van der Waals surface area contributed by atoms with Crippen molar-refractivity contribution in [3.8, 4) is 0 Å². The molecule has 2 aliphatic heterocycles. The first-order chi connectivity index (χ1) is 45.8. The first-order valence-corrected chi connectivity index (χ1v) is 38.1. The van der Waals surface area contributed by atoms with Gasteiger partial charge in [0.1, 0.15) is 98.7 Å². The van der Waals surface area contributed by atoms with E-state index in [2.05, 4.69) is 45.1 Å². The Morgan fingerprint density at radius 3 is 1.16 bits per heavy atom. The van der Waals surface area contributed by atoms with Crippen molar-refractivity contribution >= 4 is 25.7 Å². The SMILES string of the molecule is CCCCCC/C=C\CCCCCCCCCC(=O)OC(COC(=O)CCCCC/C=C\CCCCCCCCC)COP(=O)(O)OC1C(OC2OC(CO)C(O)C(O)C2O)C(O)C(O)C(O)C1OC1OC(COC(=O)CCCCCCCCCCCCC)C(O)C(O)C1O. The normalized spacial score (nSPS) is 28.2. The number of phosphoric ester groups is 1. The summed E-state index contributed by atoms with van der Waals surface area (Å²) in [6.45, 7) is 3.38. The maximum atomic E-state index is 14.3. The zero-order valence-electron chi connectivity index (χ0n) is 57.7. The van der Waals surface area contributed by atoms with Gasteiger partial charge in [0.15, 0.2) is 18.7 Å². The number of unbranched alkanes of at least 4 members (excludes halogenated alkanes) is 31. The standard InChI is InChI=1S/C70H127O24P/c1-4-7-10-13-16-19-22-24-26-28-31-34-37-40-43-46-56(74)89-51(48-86-54(72)44-41-38-35-33-30-27-25-23-20-17-14-11-8-5-2)49-88-95(84,85)94-68-66(92-69-64(82)59(77)57(75)52(47-71)90-69)62(80)61(79)63(81)67(68)93-70-65(83)60(78)58(76)53(91-70)50-87-55(73)45-42-39-36-32-29-21-18-15-12-9-6-3/h19,22,27,30,51-53,57-71,75-83H,4-18,20-21,23-26,28-29,31-50H2,1-3H3,(H,84,85)/b22-19-,30-27-. The number of aliphatic hydroxyl groups excluding tert-OH is 10. The summed E-state index contributed by atoms with van der Waals surface area (Å²) < 4.78 is 64.9. The number of esters is 3. The number of ether oxygens (including phenoxy) is 7. The molecule has 0 radical (unpaired) electrons. The molecule has 25 heteroatoms. The zero-order valence-corrected chi connectivity index (χ0v) is 58.6. The lowest BCUT2D eigenvalue weighted by Crippen LogP contribution is -2.69. The van der Waals surface area contributed by atoms with E-state index in [0.29, 0.717) is 19.3 Å². The number of hydrogen-bond acceptors (Lipinski definition) is 23. The third kappa shape index (κ3) is 36.1. The number of rotatable bonds is 56. The van der Waals surface area contributed by atoms with E-state index >= 15 is 0 Å². The lowest BCUT2D eigenvalue weighted by atomic mass is 9.84. The van der Waals surface area contributed by atoms with Gasteiger partial charge in [-0.05, 0) is 70.6 Å². The molecule has 1 aliphatic carbocycles. The Kier molecular flexibility index (Phi) is 47.8. The molecule has 0 bridgehead atoms. The van der Waals surface area contributed by atoms with Crippen LogP contribution in [0.15, 0.2) is 24.3 Å². The van der Waals surface area contributed by atoms with Crippen LogP contribution >= 0.6 is 7.82 Å². The van der Waals surface area contributed by atoms with Crippen LogP contribution in [0.5, 0.6) is 0 Å². The molecule has 0 spiro atoms. The molecule has 1 saturated carbocycles. The van der Waals surface area contributed by atoms with Crippen LogP contribution in [0.4, 0.5) is 0 Å². The van der Waals surface area contributed by atoms with E-state index < -0.39 is 156 Å². The highest BCUT2D eigenvalue weighted by Gasteiger charge is 2.58. The molecular formula is C70H127O24P. The van der Waals surface area contributed by atoms with Gasteiger partial charge in [-0.2, -0.15) is 0 Å². The minimum absolute atomic E-state index is 0.0247. The van der Waals surface area contributed by atoms with Gasteiger partial charge in [-0.3, -0.25) is 23.4 Å². The Balaban J connectivity index is 1.76. The van der Waals surface area contributed by atoms with Gasteiger partial charge in [0.2, 0.25) is 0 Å². The highest BCUT2D eigenvalue weighted by molar-refractivity contribution is 7.47. The smallest absolute Gasteiger partial charge is 0.463 e. The van der Waals surface area contributed by atoms with Gasteiger partial charge < -0.3 is 89.1 Å². The zero-order chi connectivity index (χ0) is 69.6. The Bertz CT molecular complexity index is 2070. The summed E-state index contributed by atoms with van der Waals surface area (Å²) in [5.74, 6) is -2.01. The van der Waals surface area contributed by atoms with Gasteiger partial charge >= 0.3 is 25.7 Å². The van der Waals surface area contributed by atoms with Crippen LogP contribution in [-0.2, 0) is 61.2 Å². The molecule has 3 aliphatic rings. The van der Waals surface area contributed by atoms with Crippen LogP contribution in [0, 0.1) is 0 Å². The summed E-state index contributed by atoms with van der Waals surface area (Å²) >= 11 is 0. The molecule has 95 heavy (non-hydrogen) atoms. The molecule has 24 nitrogen and oxygen atoms in total. The summed E-state index contributed by atoms with van der Waals surface area (Å²) in [6.07, 6.45) is 11.2. The van der Waals surface area contributed by atoms with Crippen molar-refractivity contribution in [1.29, 1.82) is 0 Å². The van der Waals surface area contributed by atoms with Crippen molar-refractivity contribution in [2.24, 2.45) is 0 Å². The van der Waals surface area contributed by atoms with E-state index in [1.807, 2.05) is 0 Å². The second-order valence-electron chi connectivity index (χ2n) is 26.3. The van der Waals surface area contributed by atoms with Crippen molar-refractivity contribution in [3.63, 3.8) is 0 Å². The van der Waals surface area contributed by atoms with Crippen molar-refractivity contribution in [3.05, 3.63) is 24.3 Å². The Labute approximate surface area is 566 Å². The molecule has 2 heterocycles. The van der Waals surface area contributed by atoms with E-state index in [1.165, 1.54) is 96.3 Å². The van der Waals surface area contributed by atoms with Gasteiger partial charge in [-0.25, -0.2) is 4.57 Å². The fraction of sp³-hybridized carbons (Fsp3) is 0.900. The van der Waals surface area contributed by atoms with Crippen molar-refractivity contribution < 1.29 is 117 Å². The van der Waals surface area contributed by atoms with E-state index in [0.717, 1.165) is 116 Å². The summed E-state index contributed by atoms with van der Waals surface area (Å²) in [5, 5.41) is 110. The van der Waals surface area contributed by atoms with E-state index in [4.69, 9.17) is 42.2 Å². The summed E-state index contributed by atoms with van der Waals surface area (Å²) in [5.41, 5.74) is 0. The lowest BCUT2D eigenvalue weighted by molar-refractivity contribution is -0.360. The minimum Gasteiger partial charge on any atom is -0.463 e. The predicted octanol–water partition coefficient (Wildman–Crippen LogP) is 9.35. The average molecular weight is 1380 g/mol. The maximum absolute atomic E-state index is 14.3. The minimum atomic E-state index is -5.70. The largest absolute Gasteiger partial charge is 0.472 e. The molecule has 18 atom stereocenters. The Hall–Kier alpha value is -2.56. The summed E-state index contributed by atoms with van der Waals surface area (Å²) in [6, 6.07) is 0. The fourth-order valence-electron chi connectivity index (χ4n) is 11.9. The number of carbonyl (C=O) groups excluding carboxylic acids is 3. The number of phosphoric acid groups is 1. The number of allylic oxidation sites excluding steroid dienone is 4. The summed E-state index contributed by atoms with van der Waals surface area (Å²) in [4.78, 5) is 50.9. The molecule has 2 saturated heterocycles. The van der Waals surface area contributed by atoms with Gasteiger partial charge in [0, 0.05) is 19.3 Å². The van der Waals surface area contributed by atoms with Crippen LogP contribution in [0.2, 0.25) is 0 Å². The molecule has 0 aromatic heterocycles. The lowest BCUT2D eigenvalue weighted by Gasteiger charge is -2.49. The van der Waals surface area contributed by atoms with Crippen molar-refractivity contribution in [1.82, 2.24) is 0 Å². The Morgan fingerprint density at radius 1 is 0.400 bits per heavy atom. The molecule has 0 aromatic carbocycles. The number of hydrogen-bond donors (Lipinski definition) is 11. The average Bonchev–Trinajstić information content (AvgIpc) is 0.764. The highest BCUT2D eigenvalue weighted by atomic mass is 31.2. The first kappa shape index (κ1) is 86.7. The molecule has 0 amide bonds. The molecule has 18 unspecified atom stereocenters. The number of aliphatic hydroxyl groups is 10. The monoisotopic (exact) mass is 1380 g/mol. The molecule has 3 fully saturated rings. The van der Waals surface area contributed by atoms with Gasteiger partial charge in [-0.1, -0.05) is 206 Å². The van der Waals surface area contributed by atoms with Gasteiger partial charge in [0.05, 0.1) is 13.2 Å². The van der Waals surface area contributed by atoms with Crippen molar-refractivity contribution in [2.75, 3.05) is 26.4 Å². The highest BCUT2D eigenvalue weighted by Crippen LogP contribution is 2.49. The maximum Gasteiger partial charge on any atom is 0.472 e. The van der Waals surface area contributed by atoms with Crippen molar-refractivity contribution in [2.45, 2.75) is 375 Å². The van der Waals surface area contributed by atoms with Crippen LogP contribution in [0.3, 0.4) is 0 Å². The topological polar surface area (TPSA) is 374 Å². The second kappa shape index (κ2) is 52.4. The first-order valence-electron chi connectivity index (χ1n) is 36.6. The Morgan fingerprint density at radius 2 is 0.737 bits per heavy atom. The van der Waals surface area contributed by atoms with E-state index in [-0.39, 0.29) is 19.3 Å². The quantitative estimate of drug-likeness (QED) is 0.00887. The third-order valence-electron chi connectivity index (χ3n) is 18.0. The van der Waals surface area contributed by atoms with Crippen LogP contribution < -0.4 is 0 Å². The van der Waals surface area contributed by atoms with E-state index in [1.54, 1.807) is 0 Å². The van der Waals surface area contributed by atoms with Crippen LogP contribution in [0.25, 0.3) is 0 Å². The van der Waals surface area contributed by atoms with Gasteiger partial charge in [-0.15, -0.1) is 0 Å².